The Bertz CT molecular complexity index is 1030. The van der Waals surface area contributed by atoms with Crippen LogP contribution in [-0.4, -0.2) is 11.5 Å². The molecule has 2 aromatic heterocycles. The Hall–Kier alpha value is -3.01. The summed E-state index contributed by atoms with van der Waals surface area (Å²) in [4.78, 5) is 14.9. The average Bonchev–Trinajstić information content (AvgIpc) is 2.98. The number of hydrogen-bond acceptors (Lipinski definition) is 3. The number of nitrogens with one attached hydrogen (secondary N) is 2. The molecule has 2 N–H and O–H groups in total. The van der Waals surface area contributed by atoms with Crippen LogP contribution in [0.15, 0.2) is 70.0 Å². The lowest BCUT2D eigenvalue weighted by Gasteiger charge is -2.08. The molecular formula is C19H16N2O2. The summed E-state index contributed by atoms with van der Waals surface area (Å²) in [6, 6.07) is 17.3. The van der Waals surface area contributed by atoms with Gasteiger partial charge in [0.05, 0.1) is 5.69 Å². The largest absolute Gasteiger partial charge is 0.423 e. The monoisotopic (exact) mass is 304 g/mol. The maximum atomic E-state index is 11.7. The minimum Gasteiger partial charge on any atom is -0.423 e. The fourth-order valence-electron chi connectivity index (χ4n) is 2.93. The second-order valence-corrected chi connectivity index (χ2v) is 5.51. The van der Waals surface area contributed by atoms with Gasteiger partial charge in [0.2, 0.25) is 0 Å². The van der Waals surface area contributed by atoms with E-state index in [1.54, 1.807) is 0 Å². The molecule has 0 unspecified atom stereocenters. The third-order valence-electron chi connectivity index (χ3n) is 4.03. The van der Waals surface area contributed by atoms with Crippen LogP contribution in [0, 0.1) is 0 Å². The van der Waals surface area contributed by atoms with Gasteiger partial charge in [0, 0.05) is 35.1 Å². The Labute approximate surface area is 132 Å². The number of H-pyrrole nitrogens is 1. The van der Waals surface area contributed by atoms with Crippen molar-refractivity contribution < 1.29 is 4.42 Å². The van der Waals surface area contributed by atoms with Crippen molar-refractivity contribution in [3.63, 3.8) is 0 Å². The van der Waals surface area contributed by atoms with Gasteiger partial charge in [-0.2, -0.15) is 0 Å². The zero-order chi connectivity index (χ0) is 15.6. The molecule has 0 aliphatic carbocycles. The van der Waals surface area contributed by atoms with E-state index in [-0.39, 0.29) is 5.63 Å². The summed E-state index contributed by atoms with van der Waals surface area (Å²) in [6.07, 6.45) is 2.92. The number of benzene rings is 2. The van der Waals surface area contributed by atoms with Gasteiger partial charge in [-0.3, -0.25) is 0 Å². The molecule has 0 atom stereocenters. The maximum Gasteiger partial charge on any atom is 0.338 e. The van der Waals surface area contributed by atoms with Crippen molar-refractivity contribution in [2.24, 2.45) is 0 Å². The second-order valence-electron chi connectivity index (χ2n) is 5.51. The lowest BCUT2D eigenvalue weighted by molar-refractivity contribution is 0.561. The molecule has 0 amide bonds. The van der Waals surface area contributed by atoms with Gasteiger partial charge >= 0.3 is 5.63 Å². The summed E-state index contributed by atoms with van der Waals surface area (Å²) < 4.78 is 5.21. The molecule has 0 radical (unpaired) electrons. The van der Waals surface area contributed by atoms with Crippen molar-refractivity contribution in [3.8, 4) is 0 Å². The average molecular weight is 304 g/mol. The van der Waals surface area contributed by atoms with Crippen LogP contribution in [-0.2, 0) is 6.42 Å². The predicted octanol–water partition coefficient (Wildman–Crippen LogP) is 3.93. The minimum atomic E-state index is -0.335. The molecule has 4 aromatic rings. The number of anilines is 1. The molecule has 23 heavy (non-hydrogen) atoms. The van der Waals surface area contributed by atoms with Gasteiger partial charge in [-0.05, 0) is 30.2 Å². The molecule has 114 valence electrons. The topological polar surface area (TPSA) is 58.0 Å². The van der Waals surface area contributed by atoms with Crippen LogP contribution in [0.4, 0.5) is 5.69 Å². The van der Waals surface area contributed by atoms with Crippen LogP contribution in [0.2, 0.25) is 0 Å². The molecule has 4 nitrogen and oxygen atoms in total. The first-order valence-corrected chi connectivity index (χ1v) is 7.63. The molecule has 0 saturated carbocycles. The van der Waals surface area contributed by atoms with E-state index in [1.807, 2.05) is 42.6 Å². The lowest BCUT2D eigenvalue weighted by Crippen LogP contribution is -2.08. The molecule has 4 heteroatoms. The molecule has 0 fully saturated rings. The van der Waals surface area contributed by atoms with Gasteiger partial charge in [-0.1, -0.05) is 30.3 Å². The highest BCUT2D eigenvalue weighted by Gasteiger charge is 2.06. The Morgan fingerprint density at radius 2 is 1.78 bits per heavy atom. The first-order chi connectivity index (χ1) is 11.3. The maximum absolute atomic E-state index is 11.7. The molecule has 2 heterocycles. The van der Waals surface area contributed by atoms with Crippen molar-refractivity contribution >= 4 is 27.6 Å². The molecule has 2 aromatic carbocycles. The van der Waals surface area contributed by atoms with E-state index in [9.17, 15) is 4.79 Å². The van der Waals surface area contributed by atoms with Gasteiger partial charge in [0.25, 0.3) is 0 Å². The number of aromatic nitrogens is 1. The summed E-state index contributed by atoms with van der Waals surface area (Å²) in [5, 5.41) is 5.52. The Kier molecular flexibility index (Phi) is 3.35. The Morgan fingerprint density at radius 1 is 1.00 bits per heavy atom. The fourth-order valence-corrected chi connectivity index (χ4v) is 2.93. The van der Waals surface area contributed by atoms with Crippen molar-refractivity contribution in [3.05, 3.63) is 76.8 Å². The van der Waals surface area contributed by atoms with E-state index in [2.05, 4.69) is 22.4 Å². The number of hydrogen-bond donors (Lipinski definition) is 2. The van der Waals surface area contributed by atoms with Gasteiger partial charge in [-0.15, -0.1) is 0 Å². The third-order valence-corrected chi connectivity index (χ3v) is 4.03. The van der Waals surface area contributed by atoms with Crippen LogP contribution in [0.5, 0.6) is 0 Å². The lowest BCUT2D eigenvalue weighted by atomic mass is 10.1. The molecular weight excluding hydrogens is 288 g/mol. The van der Waals surface area contributed by atoms with Crippen molar-refractivity contribution in [1.29, 1.82) is 0 Å². The van der Waals surface area contributed by atoms with E-state index in [4.69, 9.17) is 4.42 Å². The van der Waals surface area contributed by atoms with E-state index in [1.165, 1.54) is 17.0 Å². The fraction of sp³-hybridized carbons (Fsp3) is 0.105. The highest BCUT2D eigenvalue weighted by atomic mass is 16.4. The van der Waals surface area contributed by atoms with Crippen LogP contribution in [0.1, 0.15) is 5.56 Å². The van der Waals surface area contributed by atoms with Crippen LogP contribution >= 0.6 is 0 Å². The predicted molar refractivity (Wildman–Crippen MR) is 93.0 cm³/mol. The summed E-state index contributed by atoms with van der Waals surface area (Å²) in [5.41, 5.74) is 3.50. The quantitative estimate of drug-likeness (QED) is 0.562. The van der Waals surface area contributed by atoms with Crippen LogP contribution in [0.25, 0.3) is 21.9 Å². The van der Waals surface area contributed by atoms with E-state index < -0.39 is 0 Å². The van der Waals surface area contributed by atoms with Crippen molar-refractivity contribution in [2.45, 2.75) is 6.42 Å². The molecule has 0 aliphatic heterocycles. The molecule has 4 rings (SSSR count). The van der Waals surface area contributed by atoms with Gasteiger partial charge < -0.3 is 14.7 Å². The number of aromatic amines is 1. The van der Waals surface area contributed by atoms with E-state index in [0.29, 0.717) is 5.58 Å². The summed E-state index contributed by atoms with van der Waals surface area (Å²) >= 11 is 0. The molecule has 0 spiro atoms. The van der Waals surface area contributed by atoms with Gasteiger partial charge in [0.1, 0.15) is 5.58 Å². The smallest absolute Gasteiger partial charge is 0.338 e. The van der Waals surface area contributed by atoms with Gasteiger partial charge in [0.15, 0.2) is 0 Å². The Morgan fingerprint density at radius 3 is 2.70 bits per heavy atom. The standard InChI is InChI=1S/C19H16N2O2/c22-19-11-17(15-6-2-4-8-18(15)23-19)20-10-9-13-12-21-16-7-3-1-5-14(13)16/h1-8,11-12,20-21H,9-10H2. The highest BCUT2D eigenvalue weighted by Crippen LogP contribution is 2.22. The first kappa shape index (κ1) is 13.6. The normalized spacial score (nSPS) is 11.1. The van der Waals surface area contributed by atoms with Crippen molar-refractivity contribution in [2.75, 3.05) is 11.9 Å². The number of rotatable bonds is 4. The molecule has 0 aliphatic rings. The second kappa shape index (κ2) is 5.65. The minimum absolute atomic E-state index is 0.335. The summed E-state index contributed by atoms with van der Waals surface area (Å²) in [6.45, 7) is 0.745. The van der Waals surface area contributed by atoms with E-state index in [0.717, 1.165) is 29.6 Å². The first-order valence-electron chi connectivity index (χ1n) is 7.63. The third kappa shape index (κ3) is 2.59. The van der Waals surface area contributed by atoms with Crippen molar-refractivity contribution in [1.82, 2.24) is 4.98 Å². The zero-order valence-electron chi connectivity index (χ0n) is 12.5. The molecule has 0 bridgehead atoms. The Balaban J connectivity index is 1.57. The summed E-state index contributed by atoms with van der Waals surface area (Å²) in [5.74, 6) is 0. The highest BCUT2D eigenvalue weighted by molar-refractivity contribution is 5.89. The number of para-hydroxylation sites is 2. The number of fused-ring (bicyclic) bond motifs is 2. The van der Waals surface area contributed by atoms with Crippen LogP contribution < -0.4 is 10.9 Å². The van der Waals surface area contributed by atoms with Gasteiger partial charge in [-0.25, -0.2) is 4.79 Å². The zero-order valence-corrected chi connectivity index (χ0v) is 12.5. The van der Waals surface area contributed by atoms with Crippen LogP contribution in [0.3, 0.4) is 0 Å². The molecule has 0 saturated heterocycles. The SMILES string of the molecule is O=c1cc(NCCc2c[nH]c3ccccc23)c2ccccc2o1. The summed E-state index contributed by atoms with van der Waals surface area (Å²) in [7, 11) is 0. The van der Waals surface area contributed by atoms with E-state index >= 15 is 0 Å².